The first-order valence-corrected chi connectivity index (χ1v) is 6.52. The molecule has 1 atom stereocenters. The fourth-order valence-corrected chi connectivity index (χ4v) is 2.94. The largest absolute Gasteiger partial charge is 0.311 e. The molecule has 2 heterocycles. The maximum Gasteiger partial charge on any atom is 0.226 e. The summed E-state index contributed by atoms with van der Waals surface area (Å²) in [6.07, 6.45) is 2.29. The Bertz CT molecular complexity index is 620. The van der Waals surface area contributed by atoms with Crippen LogP contribution in [0.15, 0.2) is 34.9 Å². The third-order valence-electron chi connectivity index (χ3n) is 3.27. The molecule has 0 aliphatic carbocycles. The van der Waals surface area contributed by atoms with Crippen molar-refractivity contribution in [2.24, 2.45) is 7.05 Å². The van der Waals surface area contributed by atoms with Gasteiger partial charge in [0.15, 0.2) is 0 Å². The van der Waals surface area contributed by atoms with Crippen molar-refractivity contribution in [3.8, 4) is 0 Å². The number of fused-ring (bicyclic) bond motifs is 1. The normalized spacial score (nSPS) is 18.3. The van der Waals surface area contributed by atoms with Crippen molar-refractivity contribution in [1.29, 1.82) is 0 Å². The number of nitrogens with one attached hydrogen (secondary N) is 1. The van der Waals surface area contributed by atoms with Crippen molar-refractivity contribution in [1.82, 2.24) is 9.78 Å². The van der Waals surface area contributed by atoms with E-state index in [1.807, 2.05) is 37.5 Å². The van der Waals surface area contributed by atoms with Gasteiger partial charge in [-0.25, -0.2) is 0 Å². The lowest BCUT2D eigenvalue weighted by Crippen LogP contribution is -2.24. The zero-order valence-electron chi connectivity index (χ0n) is 9.85. The van der Waals surface area contributed by atoms with Crippen LogP contribution in [0.4, 0.5) is 5.82 Å². The minimum atomic E-state index is 0.0341. The molecule has 0 fully saturated rings. The Morgan fingerprint density at radius 2 is 2.17 bits per heavy atom. The summed E-state index contributed by atoms with van der Waals surface area (Å²) >= 11 is 3.55. The number of amides is 1. The van der Waals surface area contributed by atoms with Crippen molar-refractivity contribution in [3.63, 3.8) is 0 Å². The smallest absolute Gasteiger partial charge is 0.226 e. The molecule has 0 radical (unpaired) electrons. The second kappa shape index (κ2) is 4.24. The maximum absolute atomic E-state index is 11.8. The van der Waals surface area contributed by atoms with Gasteiger partial charge in [0.05, 0.1) is 6.20 Å². The summed E-state index contributed by atoms with van der Waals surface area (Å²) in [5.41, 5.74) is 2.20. The van der Waals surface area contributed by atoms with Gasteiger partial charge in [-0.1, -0.05) is 34.1 Å². The standard InChI is InChI=1S/C13H12BrN3O/c1-17-13-10(7-15-17)9(6-12(18)16-13)8-4-2-3-5-11(8)14/h2-5,7,9H,6H2,1H3,(H,16,18)/t9-/m0/s1. The minimum Gasteiger partial charge on any atom is -0.311 e. The molecule has 18 heavy (non-hydrogen) atoms. The van der Waals surface area contributed by atoms with E-state index in [0.717, 1.165) is 21.4 Å². The van der Waals surface area contributed by atoms with Gasteiger partial charge in [-0.2, -0.15) is 5.10 Å². The number of carbonyl (C=O) groups excluding carboxylic acids is 1. The van der Waals surface area contributed by atoms with Crippen LogP contribution in [0.3, 0.4) is 0 Å². The van der Waals surface area contributed by atoms with Crippen LogP contribution in [0.1, 0.15) is 23.5 Å². The second-order valence-corrected chi connectivity index (χ2v) is 5.25. The summed E-state index contributed by atoms with van der Waals surface area (Å²) in [5.74, 6) is 0.900. The number of carbonyl (C=O) groups is 1. The fourth-order valence-electron chi connectivity index (χ4n) is 2.38. The minimum absolute atomic E-state index is 0.0341. The molecule has 0 saturated heterocycles. The third-order valence-corrected chi connectivity index (χ3v) is 3.99. The first kappa shape index (κ1) is 11.5. The maximum atomic E-state index is 11.8. The van der Waals surface area contributed by atoms with Gasteiger partial charge in [0, 0.05) is 29.4 Å². The summed E-state index contributed by atoms with van der Waals surface area (Å²) in [4.78, 5) is 11.8. The molecule has 1 aromatic heterocycles. The van der Waals surface area contributed by atoms with Crippen LogP contribution in [-0.2, 0) is 11.8 Å². The van der Waals surface area contributed by atoms with E-state index in [-0.39, 0.29) is 11.8 Å². The van der Waals surface area contributed by atoms with Gasteiger partial charge in [-0.05, 0) is 11.6 Å². The third kappa shape index (κ3) is 1.75. The van der Waals surface area contributed by atoms with Crippen LogP contribution in [-0.4, -0.2) is 15.7 Å². The Balaban J connectivity index is 2.14. The molecule has 4 nitrogen and oxygen atoms in total. The molecular formula is C13H12BrN3O. The van der Waals surface area contributed by atoms with E-state index in [0.29, 0.717) is 6.42 Å². The highest BCUT2D eigenvalue weighted by Crippen LogP contribution is 2.39. The van der Waals surface area contributed by atoms with Gasteiger partial charge >= 0.3 is 0 Å². The highest BCUT2D eigenvalue weighted by Gasteiger charge is 2.30. The number of hydrogen-bond donors (Lipinski definition) is 1. The number of aryl methyl sites for hydroxylation is 1. The monoisotopic (exact) mass is 305 g/mol. The Labute approximate surface area is 113 Å². The van der Waals surface area contributed by atoms with E-state index >= 15 is 0 Å². The summed E-state index contributed by atoms with van der Waals surface area (Å²) in [6, 6.07) is 8.01. The van der Waals surface area contributed by atoms with Crippen molar-refractivity contribution in [2.75, 3.05) is 5.32 Å². The molecule has 2 aromatic rings. The van der Waals surface area contributed by atoms with Crippen molar-refractivity contribution < 1.29 is 4.79 Å². The van der Waals surface area contributed by atoms with Gasteiger partial charge in [-0.15, -0.1) is 0 Å². The summed E-state index contributed by atoms with van der Waals surface area (Å²) in [6.45, 7) is 0. The molecule has 5 heteroatoms. The molecule has 0 bridgehead atoms. The van der Waals surface area contributed by atoms with Crippen molar-refractivity contribution >= 4 is 27.7 Å². The molecule has 1 aliphatic rings. The van der Waals surface area contributed by atoms with E-state index in [9.17, 15) is 4.79 Å². The molecule has 0 spiro atoms. The molecule has 0 unspecified atom stereocenters. The zero-order chi connectivity index (χ0) is 12.7. The van der Waals surface area contributed by atoms with Crippen LogP contribution in [0.5, 0.6) is 0 Å². The average Bonchev–Trinajstić information content (AvgIpc) is 2.71. The van der Waals surface area contributed by atoms with E-state index in [1.165, 1.54) is 0 Å². The van der Waals surface area contributed by atoms with E-state index in [2.05, 4.69) is 26.3 Å². The quantitative estimate of drug-likeness (QED) is 0.880. The second-order valence-electron chi connectivity index (χ2n) is 4.40. The molecule has 3 rings (SSSR count). The van der Waals surface area contributed by atoms with Crippen LogP contribution in [0.2, 0.25) is 0 Å². The number of hydrogen-bond acceptors (Lipinski definition) is 2. The van der Waals surface area contributed by atoms with Crippen LogP contribution in [0.25, 0.3) is 0 Å². The Morgan fingerprint density at radius 1 is 1.39 bits per heavy atom. The molecule has 1 aliphatic heterocycles. The Morgan fingerprint density at radius 3 is 2.94 bits per heavy atom. The highest BCUT2D eigenvalue weighted by molar-refractivity contribution is 9.10. The summed E-state index contributed by atoms with van der Waals surface area (Å²) in [7, 11) is 1.83. The number of nitrogens with zero attached hydrogens (tertiary/aromatic N) is 2. The molecular weight excluding hydrogens is 294 g/mol. The zero-order valence-corrected chi connectivity index (χ0v) is 11.4. The SMILES string of the molecule is Cn1ncc2c1NC(=O)C[C@H]2c1ccccc1Br. The van der Waals surface area contributed by atoms with Gasteiger partial charge in [0.1, 0.15) is 5.82 Å². The van der Waals surface area contributed by atoms with Gasteiger partial charge < -0.3 is 5.32 Å². The molecule has 1 aromatic carbocycles. The van der Waals surface area contributed by atoms with Gasteiger partial charge in [-0.3, -0.25) is 9.48 Å². The Hall–Kier alpha value is -1.62. The lowest BCUT2D eigenvalue weighted by molar-refractivity contribution is -0.116. The van der Waals surface area contributed by atoms with Crippen molar-refractivity contribution in [2.45, 2.75) is 12.3 Å². The Kier molecular flexibility index (Phi) is 2.70. The first-order valence-electron chi connectivity index (χ1n) is 5.73. The molecule has 0 saturated carbocycles. The summed E-state index contributed by atoms with van der Waals surface area (Å²) < 4.78 is 2.73. The number of benzene rings is 1. The van der Waals surface area contributed by atoms with Crippen LogP contribution in [0, 0.1) is 0 Å². The predicted molar refractivity (Wildman–Crippen MR) is 72.4 cm³/mol. The lowest BCUT2D eigenvalue weighted by Gasteiger charge is -2.24. The summed E-state index contributed by atoms with van der Waals surface area (Å²) in [5, 5.41) is 7.10. The average molecular weight is 306 g/mol. The van der Waals surface area contributed by atoms with E-state index < -0.39 is 0 Å². The first-order chi connectivity index (χ1) is 8.66. The number of anilines is 1. The number of aromatic nitrogens is 2. The van der Waals surface area contributed by atoms with Crippen LogP contribution < -0.4 is 5.32 Å². The van der Waals surface area contributed by atoms with Crippen LogP contribution >= 0.6 is 15.9 Å². The van der Waals surface area contributed by atoms with Gasteiger partial charge in [0.2, 0.25) is 5.91 Å². The molecule has 1 amide bonds. The highest BCUT2D eigenvalue weighted by atomic mass is 79.9. The topological polar surface area (TPSA) is 46.9 Å². The molecule has 1 N–H and O–H groups in total. The number of halogens is 1. The fraction of sp³-hybridized carbons (Fsp3) is 0.231. The lowest BCUT2D eigenvalue weighted by atomic mass is 9.87. The van der Waals surface area contributed by atoms with E-state index in [4.69, 9.17) is 0 Å². The van der Waals surface area contributed by atoms with E-state index in [1.54, 1.807) is 4.68 Å². The predicted octanol–water partition coefficient (Wildman–Crippen LogP) is 2.66. The van der Waals surface area contributed by atoms with Gasteiger partial charge in [0.25, 0.3) is 0 Å². The van der Waals surface area contributed by atoms with Crippen molar-refractivity contribution in [3.05, 3.63) is 46.1 Å². The molecule has 92 valence electrons. The number of rotatable bonds is 1.